The Balaban J connectivity index is 1.87. The van der Waals surface area contributed by atoms with Crippen LogP contribution in [0.1, 0.15) is 28.5 Å². The Morgan fingerprint density at radius 1 is 1.14 bits per heavy atom. The number of carboxylic acids is 1. The lowest BCUT2D eigenvalue weighted by Gasteiger charge is -2.17. The van der Waals surface area contributed by atoms with Crippen LogP contribution < -0.4 is 5.32 Å². The van der Waals surface area contributed by atoms with Crippen LogP contribution in [-0.4, -0.2) is 31.9 Å². The van der Waals surface area contributed by atoms with Crippen molar-refractivity contribution < 1.29 is 28.6 Å². The van der Waals surface area contributed by atoms with E-state index in [0.29, 0.717) is 5.69 Å². The molecule has 3 rings (SSSR count). The van der Waals surface area contributed by atoms with E-state index in [1.165, 1.54) is 24.3 Å². The fourth-order valence-corrected chi connectivity index (χ4v) is 2.84. The van der Waals surface area contributed by atoms with E-state index in [0.717, 1.165) is 28.9 Å². The van der Waals surface area contributed by atoms with E-state index in [1.807, 2.05) is 0 Å². The second kappa shape index (κ2) is 8.27. The van der Waals surface area contributed by atoms with Crippen LogP contribution in [0, 0.1) is 11.6 Å². The molecule has 0 aliphatic rings. The third kappa shape index (κ3) is 4.69. The predicted octanol–water partition coefficient (Wildman–Crippen LogP) is 3.46. The molecule has 0 spiro atoms. The molecule has 0 fully saturated rings. The van der Waals surface area contributed by atoms with E-state index in [-0.39, 0.29) is 16.3 Å². The van der Waals surface area contributed by atoms with E-state index in [9.17, 15) is 23.5 Å². The van der Waals surface area contributed by atoms with Gasteiger partial charge in [0.25, 0.3) is 5.91 Å². The van der Waals surface area contributed by atoms with Gasteiger partial charge < -0.3 is 15.5 Å². The number of halogens is 3. The molecule has 10 heteroatoms. The highest BCUT2D eigenvalue weighted by molar-refractivity contribution is 6.30. The quantitative estimate of drug-likeness (QED) is 0.565. The molecular formula is C19H14ClF2N3O4. The Labute approximate surface area is 168 Å². The first kappa shape index (κ1) is 20.3. The van der Waals surface area contributed by atoms with Gasteiger partial charge in [0.15, 0.2) is 5.69 Å². The number of amides is 1. The molecule has 0 saturated carbocycles. The third-order valence-corrected chi connectivity index (χ3v) is 4.25. The third-order valence-electron chi connectivity index (χ3n) is 4.02. The van der Waals surface area contributed by atoms with Crippen molar-refractivity contribution in [2.45, 2.75) is 12.5 Å². The molecule has 29 heavy (non-hydrogen) atoms. The number of nitrogens with one attached hydrogen (secondary N) is 1. The Morgan fingerprint density at radius 2 is 1.83 bits per heavy atom. The molecule has 1 aromatic heterocycles. The van der Waals surface area contributed by atoms with Crippen LogP contribution in [-0.2, 0) is 4.79 Å². The average Bonchev–Trinajstić information content (AvgIpc) is 3.03. The van der Waals surface area contributed by atoms with Crippen LogP contribution in [0.3, 0.4) is 0 Å². The van der Waals surface area contributed by atoms with E-state index >= 15 is 0 Å². The van der Waals surface area contributed by atoms with Gasteiger partial charge in [0, 0.05) is 16.7 Å². The molecule has 1 unspecified atom stereocenters. The molecule has 0 saturated heterocycles. The summed E-state index contributed by atoms with van der Waals surface area (Å²) in [7, 11) is 0. The summed E-state index contributed by atoms with van der Waals surface area (Å²) in [6.45, 7) is 0. The van der Waals surface area contributed by atoms with Crippen molar-refractivity contribution in [1.29, 1.82) is 0 Å². The summed E-state index contributed by atoms with van der Waals surface area (Å²) in [5, 5.41) is 25.6. The van der Waals surface area contributed by atoms with Gasteiger partial charge in [-0.05, 0) is 36.4 Å². The number of benzene rings is 2. The number of carbonyl (C=O) groups excluding carboxylic acids is 1. The molecule has 2 aromatic carbocycles. The summed E-state index contributed by atoms with van der Waals surface area (Å²) >= 11 is 5.71. The van der Waals surface area contributed by atoms with E-state index in [2.05, 4.69) is 10.4 Å². The number of nitrogens with zero attached hydrogens (tertiary/aromatic N) is 2. The second-order valence-electron chi connectivity index (χ2n) is 6.07. The van der Waals surface area contributed by atoms with Gasteiger partial charge in [0.2, 0.25) is 5.88 Å². The number of hydrogen-bond donors (Lipinski definition) is 3. The van der Waals surface area contributed by atoms with Crippen LogP contribution in [0.2, 0.25) is 5.02 Å². The van der Waals surface area contributed by atoms with Crippen LogP contribution in [0.4, 0.5) is 8.78 Å². The summed E-state index contributed by atoms with van der Waals surface area (Å²) in [4.78, 5) is 23.7. The van der Waals surface area contributed by atoms with Gasteiger partial charge in [-0.25, -0.2) is 13.5 Å². The predicted molar refractivity (Wildman–Crippen MR) is 99.1 cm³/mol. The molecule has 0 aliphatic carbocycles. The Bertz CT molecular complexity index is 1070. The van der Waals surface area contributed by atoms with E-state index in [4.69, 9.17) is 16.7 Å². The van der Waals surface area contributed by atoms with Crippen LogP contribution in [0.5, 0.6) is 5.88 Å². The van der Waals surface area contributed by atoms with Gasteiger partial charge in [-0.3, -0.25) is 9.59 Å². The lowest BCUT2D eigenvalue weighted by molar-refractivity contribution is -0.137. The lowest BCUT2D eigenvalue weighted by Crippen LogP contribution is -2.31. The number of aromatic hydroxyl groups is 1. The maximum Gasteiger partial charge on any atom is 0.305 e. The van der Waals surface area contributed by atoms with Crippen molar-refractivity contribution in [3.05, 3.63) is 76.4 Å². The van der Waals surface area contributed by atoms with Gasteiger partial charge in [0.05, 0.1) is 18.2 Å². The normalized spacial score (nSPS) is 11.8. The van der Waals surface area contributed by atoms with Gasteiger partial charge in [0.1, 0.15) is 11.6 Å². The number of hydrogen-bond acceptors (Lipinski definition) is 4. The molecular weight excluding hydrogens is 408 g/mol. The molecule has 3 N–H and O–H groups in total. The van der Waals surface area contributed by atoms with Gasteiger partial charge in [-0.15, -0.1) is 0 Å². The standard InChI is InChI=1S/C19H14ClF2N3O4/c20-10-1-6-13(14(22)7-10)15(9-18(27)28)23-19(29)16-8-17(26)25(24-16)12-4-2-11(21)3-5-12/h1-8,15,26H,9H2,(H,23,29)(H,27,28). The minimum atomic E-state index is -1.26. The highest BCUT2D eigenvalue weighted by Crippen LogP contribution is 2.24. The molecule has 150 valence electrons. The Morgan fingerprint density at radius 3 is 2.45 bits per heavy atom. The highest BCUT2D eigenvalue weighted by atomic mass is 35.5. The molecule has 0 aliphatic heterocycles. The van der Waals surface area contributed by atoms with Crippen molar-refractivity contribution in [2.75, 3.05) is 0 Å². The molecule has 3 aromatic rings. The SMILES string of the molecule is O=C(O)CC(NC(=O)c1cc(O)n(-c2ccc(F)cc2)n1)c1ccc(Cl)cc1F. The van der Waals surface area contributed by atoms with Gasteiger partial charge in [-0.2, -0.15) is 5.10 Å². The number of carboxylic acid groups (broad SMARTS) is 1. The summed E-state index contributed by atoms with van der Waals surface area (Å²) < 4.78 is 28.3. The van der Waals surface area contributed by atoms with Crippen molar-refractivity contribution in [2.24, 2.45) is 0 Å². The number of aliphatic carboxylic acids is 1. The smallest absolute Gasteiger partial charge is 0.305 e. The molecule has 1 atom stereocenters. The topological polar surface area (TPSA) is 104 Å². The zero-order chi connectivity index (χ0) is 21.1. The largest absolute Gasteiger partial charge is 0.493 e. The van der Waals surface area contributed by atoms with Crippen LogP contribution >= 0.6 is 11.6 Å². The van der Waals surface area contributed by atoms with Crippen LogP contribution in [0.15, 0.2) is 48.5 Å². The monoisotopic (exact) mass is 421 g/mol. The summed E-state index contributed by atoms with van der Waals surface area (Å²) in [5.41, 5.74) is -0.00212. The first-order valence-corrected chi connectivity index (χ1v) is 8.65. The van der Waals surface area contributed by atoms with Crippen LogP contribution in [0.25, 0.3) is 5.69 Å². The van der Waals surface area contributed by atoms with Gasteiger partial charge in [-0.1, -0.05) is 17.7 Å². The highest BCUT2D eigenvalue weighted by Gasteiger charge is 2.24. The van der Waals surface area contributed by atoms with Crippen molar-refractivity contribution >= 4 is 23.5 Å². The summed E-state index contributed by atoms with van der Waals surface area (Å²) in [5.74, 6) is -3.75. The Kier molecular flexibility index (Phi) is 5.79. The first-order valence-electron chi connectivity index (χ1n) is 8.27. The Hall–Kier alpha value is -3.46. The van der Waals surface area contributed by atoms with Crippen molar-refractivity contribution in [3.8, 4) is 11.6 Å². The molecule has 0 bridgehead atoms. The zero-order valence-electron chi connectivity index (χ0n) is 14.6. The minimum absolute atomic E-state index is 0.0626. The summed E-state index contributed by atoms with van der Waals surface area (Å²) in [6.07, 6.45) is -0.588. The molecule has 7 nitrogen and oxygen atoms in total. The fraction of sp³-hybridized carbons (Fsp3) is 0.105. The lowest BCUT2D eigenvalue weighted by atomic mass is 10.0. The second-order valence-corrected chi connectivity index (χ2v) is 6.50. The number of rotatable bonds is 6. The van der Waals surface area contributed by atoms with Crippen molar-refractivity contribution in [1.82, 2.24) is 15.1 Å². The van der Waals surface area contributed by atoms with Gasteiger partial charge >= 0.3 is 5.97 Å². The van der Waals surface area contributed by atoms with E-state index in [1.54, 1.807) is 0 Å². The summed E-state index contributed by atoms with van der Waals surface area (Å²) in [6, 6.07) is 8.51. The maximum absolute atomic E-state index is 14.2. The first-order chi connectivity index (χ1) is 13.7. The molecule has 0 radical (unpaired) electrons. The average molecular weight is 422 g/mol. The van der Waals surface area contributed by atoms with E-state index < -0.39 is 41.9 Å². The molecule has 1 heterocycles. The maximum atomic E-state index is 14.2. The van der Waals surface area contributed by atoms with Crippen molar-refractivity contribution in [3.63, 3.8) is 0 Å². The minimum Gasteiger partial charge on any atom is -0.493 e. The zero-order valence-corrected chi connectivity index (χ0v) is 15.4. The molecule has 1 amide bonds. The fourth-order valence-electron chi connectivity index (χ4n) is 2.68. The number of aromatic nitrogens is 2. The number of carbonyl (C=O) groups is 2.